The Morgan fingerprint density at radius 1 is 1.48 bits per heavy atom. The fourth-order valence-corrected chi connectivity index (χ4v) is 3.25. The number of aryl methyl sites for hydroxylation is 1. The zero-order chi connectivity index (χ0) is 15.0. The molecule has 1 atom stereocenters. The maximum absolute atomic E-state index is 6.00. The van der Waals surface area contributed by atoms with E-state index >= 15 is 0 Å². The first-order chi connectivity index (χ1) is 10.0. The van der Waals surface area contributed by atoms with E-state index in [2.05, 4.69) is 33.0 Å². The van der Waals surface area contributed by atoms with Gasteiger partial charge < -0.3 is 10.6 Å². The molecule has 21 heavy (non-hydrogen) atoms. The van der Waals surface area contributed by atoms with E-state index in [1.807, 2.05) is 31.0 Å². The molecule has 2 N–H and O–H groups in total. The van der Waals surface area contributed by atoms with Crippen molar-refractivity contribution in [3.05, 3.63) is 35.2 Å². The molecule has 0 aliphatic rings. The zero-order valence-electron chi connectivity index (χ0n) is 12.5. The Bertz CT molecular complexity index is 738. The molecule has 0 bridgehead atoms. The van der Waals surface area contributed by atoms with E-state index < -0.39 is 0 Å². The van der Waals surface area contributed by atoms with Gasteiger partial charge in [0.15, 0.2) is 10.8 Å². The first-order valence-corrected chi connectivity index (χ1v) is 7.81. The number of nitrogens with two attached hydrogens (primary N) is 1. The van der Waals surface area contributed by atoms with E-state index in [0.29, 0.717) is 0 Å². The molecule has 0 saturated heterocycles. The van der Waals surface area contributed by atoms with Gasteiger partial charge in [0.05, 0.1) is 11.9 Å². The van der Waals surface area contributed by atoms with Crippen molar-refractivity contribution in [2.45, 2.75) is 25.9 Å². The molecule has 3 aromatic heterocycles. The van der Waals surface area contributed by atoms with Gasteiger partial charge in [-0.1, -0.05) is 0 Å². The number of anilines is 1. The highest BCUT2D eigenvalue weighted by molar-refractivity contribution is 7.15. The topological polar surface area (TPSA) is 64.4 Å². The summed E-state index contributed by atoms with van der Waals surface area (Å²) < 4.78 is 3.96. The van der Waals surface area contributed by atoms with Gasteiger partial charge in [0, 0.05) is 56.4 Å². The van der Waals surface area contributed by atoms with Crippen LogP contribution in [0.3, 0.4) is 0 Å². The highest BCUT2D eigenvalue weighted by atomic mass is 32.1. The SMILES string of the molecule is CC(N)Cc1c(N(C)Cc2cnn(C)c2)nc2sccn12. The second kappa shape index (κ2) is 5.50. The van der Waals surface area contributed by atoms with E-state index in [9.17, 15) is 0 Å². The molecular formula is C14H20N6S. The van der Waals surface area contributed by atoms with Gasteiger partial charge in [0.25, 0.3) is 0 Å². The molecule has 0 saturated carbocycles. The molecule has 0 amide bonds. The van der Waals surface area contributed by atoms with Crippen LogP contribution in [0.2, 0.25) is 0 Å². The Kier molecular flexibility index (Phi) is 3.69. The Balaban J connectivity index is 1.92. The lowest BCUT2D eigenvalue weighted by Gasteiger charge is -2.18. The van der Waals surface area contributed by atoms with Crippen LogP contribution in [0.5, 0.6) is 0 Å². The minimum absolute atomic E-state index is 0.107. The minimum atomic E-state index is 0.107. The standard InChI is InChI=1S/C14H20N6S/c1-10(15)6-12-13(17-14-20(12)4-5-21-14)18(2)8-11-7-16-19(3)9-11/h4-5,7,9-10H,6,8,15H2,1-3H3. The second-order valence-electron chi connectivity index (χ2n) is 5.50. The molecule has 0 aromatic carbocycles. The predicted octanol–water partition coefficient (Wildman–Crippen LogP) is 1.66. The lowest BCUT2D eigenvalue weighted by Crippen LogP contribution is -2.23. The third-order valence-electron chi connectivity index (χ3n) is 3.39. The maximum Gasteiger partial charge on any atom is 0.195 e. The van der Waals surface area contributed by atoms with Gasteiger partial charge >= 0.3 is 0 Å². The van der Waals surface area contributed by atoms with Crippen molar-refractivity contribution in [3.8, 4) is 0 Å². The van der Waals surface area contributed by atoms with Crippen LogP contribution < -0.4 is 10.6 Å². The van der Waals surface area contributed by atoms with E-state index in [0.717, 1.165) is 23.7 Å². The first kappa shape index (κ1) is 14.1. The Labute approximate surface area is 127 Å². The van der Waals surface area contributed by atoms with Crippen LogP contribution in [0.4, 0.5) is 5.82 Å². The molecule has 6 nitrogen and oxygen atoms in total. The smallest absolute Gasteiger partial charge is 0.195 e. The van der Waals surface area contributed by atoms with Gasteiger partial charge in [0.2, 0.25) is 0 Å². The lowest BCUT2D eigenvalue weighted by atomic mass is 10.2. The van der Waals surface area contributed by atoms with Gasteiger partial charge in [-0.15, -0.1) is 11.3 Å². The Hall–Kier alpha value is -1.86. The molecule has 3 aromatic rings. The van der Waals surface area contributed by atoms with E-state index in [1.165, 1.54) is 11.3 Å². The van der Waals surface area contributed by atoms with Crippen molar-refractivity contribution in [2.24, 2.45) is 12.8 Å². The largest absolute Gasteiger partial charge is 0.354 e. The second-order valence-corrected chi connectivity index (χ2v) is 6.37. The van der Waals surface area contributed by atoms with Crippen molar-refractivity contribution in [1.29, 1.82) is 0 Å². The molecule has 0 aliphatic carbocycles. The summed E-state index contributed by atoms with van der Waals surface area (Å²) in [7, 11) is 3.99. The summed E-state index contributed by atoms with van der Waals surface area (Å²) in [4.78, 5) is 7.93. The fraction of sp³-hybridized carbons (Fsp3) is 0.429. The summed E-state index contributed by atoms with van der Waals surface area (Å²) in [5.74, 6) is 1.00. The molecular weight excluding hydrogens is 284 g/mol. The highest BCUT2D eigenvalue weighted by Gasteiger charge is 2.18. The summed E-state index contributed by atoms with van der Waals surface area (Å²) >= 11 is 1.65. The quantitative estimate of drug-likeness (QED) is 0.778. The van der Waals surface area contributed by atoms with Crippen molar-refractivity contribution in [2.75, 3.05) is 11.9 Å². The molecule has 1 unspecified atom stereocenters. The third-order valence-corrected chi connectivity index (χ3v) is 4.15. The number of fused-ring (bicyclic) bond motifs is 1. The average molecular weight is 304 g/mol. The van der Waals surface area contributed by atoms with Crippen LogP contribution in [0.25, 0.3) is 4.96 Å². The van der Waals surface area contributed by atoms with E-state index in [-0.39, 0.29) is 6.04 Å². The van der Waals surface area contributed by atoms with Crippen LogP contribution in [0.15, 0.2) is 24.0 Å². The average Bonchev–Trinajstić information content (AvgIpc) is 3.07. The van der Waals surface area contributed by atoms with Gasteiger partial charge in [-0.2, -0.15) is 5.10 Å². The lowest BCUT2D eigenvalue weighted by molar-refractivity contribution is 0.713. The Morgan fingerprint density at radius 2 is 2.29 bits per heavy atom. The number of hydrogen-bond donors (Lipinski definition) is 1. The number of aromatic nitrogens is 4. The highest BCUT2D eigenvalue weighted by Crippen LogP contribution is 2.26. The van der Waals surface area contributed by atoms with Crippen LogP contribution in [0.1, 0.15) is 18.2 Å². The van der Waals surface area contributed by atoms with Crippen molar-refractivity contribution in [3.63, 3.8) is 0 Å². The summed E-state index contributed by atoms with van der Waals surface area (Å²) in [6.45, 7) is 2.81. The number of thiazole rings is 1. The van der Waals surface area contributed by atoms with Crippen molar-refractivity contribution >= 4 is 22.1 Å². The number of imidazole rings is 1. The molecule has 0 spiro atoms. The summed E-state index contributed by atoms with van der Waals surface area (Å²) in [5, 5.41) is 6.27. The fourth-order valence-electron chi connectivity index (χ4n) is 2.52. The molecule has 3 heterocycles. The minimum Gasteiger partial charge on any atom is -0.354 e. The molecule has 0 fully saturated rings. The normalized spacial score (nSPS) is 13.0. The molecule has 7 heteroatoms. The van der Waals surface area contributed by atoms with Crippen molar-refractivity contribution < 1.29 is 0 Å². The number of rotatable bonds is 5. The van der Waals surface area contributed by atoms with Gasteiger partial charge in [-0.25, -0.2) is 4.98 Å². The third kappa shape index (κ3) is 2.79. The predicted molar refractivity (Wildman–Crippen MR) is 85.7 cm³/mol. The number of hydrogen-bond acceptors (Lipinski definition) is 5. The molecule has 0 aliphatic heterocycles. The van der Waals surface area contributed by atoms with Crippen LogP contribution >= 0.6 is 11.3 Å². The van der Waals surface area contributed by atoms with Gasteiger partial charge in [-0.3, -0.25) is 9.08 Å². The summed E-state index contributed by atoms with van der Waals surface area (Å²) in [5.41, 5.74) is 8.34. The van der Waals surface area contributed by atoms with E-state index in [1.54, 1.807) is 11.3 Å². The summed E-state index contributed by atoms with van der Waals surface area (Å²) in [6, 6.07) is 0.107. The molecule has 112 valence electrons. The maximum atomic E-state index is 6.00. The van der Waals surface area contributed by atoms with Crippen LogP contribution in [0, 0.1) is 0 Å². The van der Waals surface area contributed by atoms with Gasteiger partial charge in [0.1, 0.15) is 0 Å². The first-order valence-electron chi connectivity index (χ1n) is 6.93. The molecule has 0 radical (unpaired) electrons. The van der Waals surface area contributed by atoms with Crippen LogP contribution in [-0.2, 0) is 20.0 Å². The Morgan fingerprint density at radius 3 is 2.95 bits per heavy atom. The molecule has 3 rings (SSSR count). The summed E-state index contributed by atoms with van der Waals surface area (Å²) in [6.07, 6.45) is 6.79. The monoisotopic (exact) mass is 304 g/mol. The van der Waals surface area contributed by atoms with Gasteiger partial charge in [-0.05, 0) is 6.92 Å². The zero-order valence-corrected chi connectivity index (χ0v) is 13.3. The van der Waals surface area contributed by atoms with Crippen molar-refractivity contribution in [1.82, 2.24) is 19.2 Å². The van der Waals surface area contributed by atoms with E-state index in [4.69, 9.17) is 10.7 Å². The van der Waals surface area contributed by atoms with Crippen LogP contribution in [-0.4, -0.2) is 32.3 Å². The number of nitrogens with zero attached hydrogens (tertiary/aromatic N) is 5.